The van der Waals surface area contributed by atoms with Gasteiger partial charge in [-0.1, -0.05) is 0 Å². The lowest BCUT2D eigenvalue weighted by molar-refractivity contribution is 0.145. The monoisotopic (exact) mass is 279 g/mol. The van der Waals surface area contributed by atoms with Crippen molar-refractivity contribution in [1.82, 2.24) is 0 Å². The molecule has 1 saturated heterocycles. The molecule has 1 aromatic rings. The van der Waals surface area contributed by atoms with Crippen molar-refractivity contribution in [2.24, 2.45) is 5.73 Å². The molecule has 1 aromatic carbocycles. The van der Waals surface area contributed by atoms with Crippen LogP contribution in [0.25, 0.3) is 0 Å². The van der Waals surface area contributed by atoms with Gasteiger partial charge in [0.2, 0.25) is 0 Å². The summed E-state index contributed by atoms with van der Waals surface area (Å²) in [7, 11) is 0. The molecule has 0 saturated carbocycles. The fraction of sp³-hybridized carbons (Fsp3) is 0.300. The predicted octanol–water partition coefficient (Wildman–Crippen LogP) is 1.40. The molecule has 0 bridgehead atoms. The smallest absolute Gasteiger partial charge is 0.414 e. The van der Waals surface area contributed by atoms with E-state index in [1.807, 2.05) is 0 Å². The normalized spacial score (nSPS) is 18.1. The van der Waals surface area contributed by atoms with Crippen molar-refractivity contribution in [2.75, 3.05) is 23.7 Å². The third-order valence-electron chi connectivity index (χ3n) is 2.34. The fourth-order valence-electron chi connectivity index (χ4n) is 1.51. The van der Waals surface area contributed by atoms with E-state index in [0.29, 0.717) is 18.8 Å². The second-order valence-corrected chi connectivity index (χ2v) is 3.44. The molecule has 4 N–H and O–H groups in total. The first-order chi connectivity index (χ1) is 7.20. The number of hydrogen-bond acceptors (Lipinski definition) is 4. The van der Waals surface area contributed by atoms with E-state index in [1.165, 1.54) is 0 Å². The SMILES string of the molecule is Cl.Cl.NC[C@H]1CN(c2ccc(N)cc2)C(=O)O1. The number of carbonyl (C=O) groups is 1. The number of anilines is 2. The fourth-order valence-corrected chi connectivity index (χ4v) is 1.51. The lowest BCUT2D eigenvalue weighted by atomic mass is 10.2. The summed E-state index contributed by atoms with van der Waals surface area (Å²) in [5.41, 5.74) is 12.4. The Morgan fingerprint density at radius 2 is 1.88 bits per heavy atom. The molecule has 1 aliphatic heterocycles. The Hall–Kier alpha value is -1.17. The van der Waals surface area contributed by atoms with E-state index in [2.05, 4.69) is 0 Å². The number of nitrogen functional groups attached to an aromatic ring is 1. The highest BCUT2D eigenvalue weighted by molar-refractivity contribution is 5.89. The zero-order valence-electron chi connectivity index (χ0n) is 9.04. The summed E-state index contributed by atoms with van der Waals surface area (Å²) in [5.74, 6) is 0. The van der Waals surface area contributed by atoms with Crippen LogP contribution in [0.3, 0.4) is 0 Å². The van der Waals surface area contributed by atoms with Crippen LogP contribution in [-0.4, -0.2) is 25.3 Å². The van der Waals surface area contributed by atoms with Crippen LogP contribution in [-0.2, 0) is 4.74 Å². The van der Waals surface area contributed by atoms with Crippen molar-refractivity contribution < 1.29 is 9.53 Å². The minimum atomic E-state index is -0.352. The molecule has 1 heterocycles. The Kier molecular flexibility index (Phi) is 6.09. The maximum absolute atomic E-state index is 11.4. The Balaban J connectivity index is 0.00000128. The summed E-state index contributed by atoms with van der Waals surface area (Å²) in [5, 5.41) is 0. The van der Waals surface area contributed by atoms with E-state index in [-0.39, 0.29) is 37.0 Å². The van der Waals surface area contributed by atoms with Gasteiger partial charge in [0.05, 0.1) is 6.54 Å². The van der Waals surface area contributed by atoms with Crippen LogP contribution in [0.4, 0.5) is 16.2 Å². The van der Waals surface area contributed by atoms with Crippen molar-refractivity contribution in [3.63, 3.8) is 0 Å². The molecule has 96 valence electrons. The molecule has 5 nitrogen and oxygen atoms in total. The van der Waals surface area contributed by atoms with E-state index in [4.69, 9.17) is 16.2 Å². The number of carbonyl (C=O) groups excluding carboxylic acids is 1. The Morgan fingerprint density at radius 1 is 1.29 bits per heavy atom. The summed E-state index contributed by atoms with van der Waals surface area (Å²) in [6, 6.07) is 7.07. The number of nitrogens with two attached hydrogens (primary N) is 2. The Bertz CT molecular complexity index is 372. The highest BCUT2D eigenvalue weighted by Gasteiger charge is 2.31. The summed E-state index contributed by atoms with van der Waals surface area (Å²) >= 11 is 0. The van der Waals surface area contributed by atoms with Crippen molar-refractivity contribution >= 4 is 42.3 Å². The van der Waals surface area contributed by atoms with Crippen LogP contribution in [0.15, 0.2) is 24.3 Å². The zero-order chi connectivity index (χ0) is 10.8. The van der Waals surface area contributed by atoms with Crippen LogP contribution >= 0.6 is 24.8 Å². The van der Waals surface area contributed by atoms with E-state index in [9.17, 15) is 4.79 Å². The van der Waals surface area contributed by atoms with Gasteiger partial charge in [0, 0.05) is 17.9 Å². The lowest BCUT2D eigenvalue weighted by Gasteiger charge is -2.12. The van der Waals surface area contributed by atoms with Crippen LogP contribution in [0, 0.1) is 0 Å². The molecule has 2 rings (SSSR count). The maximum atomic E-state index is 11.4. The molecule has 0 radical (unpaired) electrons. The molecule has 17 heavy (non-hydrogen) atoms. The van der Waals surface area contributed by atoms with Gasteiger partial charge in [-0.15, -0.1) is 24.8 Å². The third-order valence-corrected chi connectivity index (χ3v) is 2.34. The molecule has 0 spiro atoms. The summed E-state index contributed by atoms with van der Waals surface area (Å²) in [4.78, 5) is 13.0. The number of halogens is 2. The van der Waals surface area contributed by atoms with Gasteiger partial charge in [0.1, 0.15) is 6.10 Å². The van der Waals surface area contributed by atoms with Crippen LogP contribution in [0.5, 0.6) is 0 Å². The molecule has 0 unspecified atom stereocenters. The van der Waals surface area contributed by atoms with Gasteiger partial charge < -0.3 is 16.2 Å². The highest BCUT2D eigenvalue weighted by Crippen LogP contribution is 2.22. The highest BCUT2D eigenvalue weighted by atomic mass is 35.5. The molecule has 1 fully saturated rings. The average molecular weight is 280 g/mol. The van der Waals surface area contributed by atoms with Gasteiger partial charge in [-0.25, -0.2) is 4.79 Å². The second kappa shape index (κ2) is 6.54. The summed E-state index contributed by atoms with van der Waals surface area (Å²) < 4.78 is 5.04. The second-order valence-electron chi connectivity index (χ2n) is 3.44. The number of ether oxygens (including phenoxy) is 1. The van der Waals surface area contributed by atoms with Crippen LogP contribution in [0.2, 0.25) is 0 Å². The number of amides is 1. The van der Waals surface area contributed by atoms with Crippen molar-refractivity contribution in [1.29, 1.82) is 0 Å². The van der Waals surface area contributed by atoms with Gasteiger partial charge in [0.15, 0.2) is 0 Å². The Labute approximate surface area is 112 Å². The first-order valence-corrected chi connectivity index (χ1v) is 4.74. The largest absolute Gasteiger partial charge is 0.443 e. The Morgan fingerprint density at radius 3 is 2.35 bits per heavy atom. The minimum absolute atomic E-state index is 0. The maximum Gasteiger partial charge on any atom is 0.414 e. The third kappa shape index (κ3) is 3.39. The van der Waals surface area contributed by atoms with Crippen molar-refractivity contribution in [3.05, 3.63) is 24.3 Å². The standard InChI is InChI=1S/C10H13N3O2.2ClH/c11-5-9-6-13(10(14)15-9)8-3-1-7(12)2-4-8;;/h1-4,9H,5-6,11-12H2;2*1H/t9-;;/m0../s1. The molecular formula is C10H15Cl2N3O2. The molecule has 1 amide bonds. The summed E-state index contributed by atoms with van der Waals surface area (Å²) in [6.07, 6.45) is -0.565. The van der Waals surface area contributed by atoms with Crippen molar-refractivity contribution in [3.8, 4) is 0 Å². The number of benzene rings is 1. The minimum Gasteiger partial charge on any atom is -0.443 e. The van der Waals surface area contributed by atoms with E-state index >= 15 is 0 Å². The molecule has 1 aliphatic rings. The predicted molar refractivity (Wildman–Crippen MR) is 72.0 cm³/mol. The first-order valence-electron chi connectivity index (χ1n) is 4.74. The van der Waals surface area contributed by atoms with Crippen LogP contribution < -0.4 is 16.4 Å². The van der Waals surface area contributed by atoms with Crippen molar-refractivity contribution in [2.45, 2.75) is 6.10 Å². The topological polar surface area (TPSA) is 81.6 Å². The number of nitrogens with zero attached hydrogens (tertiary/aromatic N) is 1. The number of cyclic esters (lactones) is 1. The van der Waals surface area contributed by atoms with Gasteiger partial charge >= 0.3 is 6.09 Å². The van der Waals surface area contributed by atoms with Crippen LogP contribution in [0.1, 0.15) is 0 Å². The number of hydrogen-bond donors (Lipinski definition) is 2. The molecule has 0 aromatic heterocycles. The molecule has 1 atom stereocenters. The van der Waals surface area contributed by atoms with Gasteiger partial charge in [-0.2, -0.15) is 0 Å². The summed E-state index contributed by atoms with van der Waals surface area (Å²) in [6.45, 7) is 0.844. The molecular weight excluding hydrogens is 265 g/mol. The molecule has 7 heteroatoms. The van der Waals surface area contributed by atoms with E-state index in [0.717, 1.165) is 5.69 Å². The van der Waals surface area contributed by atoms with Gasteiger partial charge in [-0.05, 0) is 24.3 Å². The lowest BCUT2D eigenvalue weighted by Crippen LogP contribution is -2.27. The van der Waals surface area contributed by atoms with Gasteiger partial charge in [-0.3, -0.25) is 4.90 Å². The zero-order valence-corrected chi connectivity index (χ0v) is 10.7. The molecule has 0 aliphatic carbocycles. The quantitative estimate of drug-likeness (QED) is 0.802. The van der Waals surface area contributed by atoms with E-state index in [1.54, 1.807) is 29.2 Å². The van der Waals surface area contributed by atoms with Gasteiger partial charge in [0.25, 0.3) is 0 Å². The first kappa shape index (κ1) is 15.8. The van der Waals surface area contributed by atoms with E-state index < -0.39 is 0 Å². The average Bonchev–Trinajstić information content (AvgIpc) is 2.61. The number of rotatable bonds is 2.